The molecule has 1 aromatic rings. The molecule has 0 aromatic heterocycles. The van der Waals surface area contributed by atoms with Crippen molar-refractivity contribution in [1.29, 1.82) is 0 Å². The van der Waals surface area contributed by atoms with Gasteiger partial charge in [0.1, 0.15) is 6.04 Å². The third-order valence-electron chi connectivity index (χ3n) is 3.86. The van der Waals surface area contributed by atoms with Gasteiger partial charge in [0.05, 0.1) is 12.5 Å². The Labute approximate surface area is 157 Å². The molecule has 1 saturated heterocycles. The number of hydrogen-bond donors (Lipinski definition) is 3. The summed E-state index contributed by atoms with van der Waals surface area (Å²) < 4.78 is 31.6. The van der Waals surface area contributed by atoms with Crippen LogP contribution in [0.1, 0.15) is 18.9 Å². The molecule has 2 rings (SSSR count). The molecular weight excluding hydrogens is 378 g/mol. The van der Waals surface area contributed by atoms with Crippen LogP contribution in [-0.2, 0) is 31.3 Å². The molecule has 1 aromatic carbocycles. The lowest BCUT2D eigenvalue weighted by Gasteiger charge is -2.23. The van der Waals surface area contributed by atoms with Crippen molar-refractivity contribution in [2.24, 2.45) is 0 Å². The van der Waals surface area contributed by atoms with Crippen molar-refractivity contribution < 1.29 is 31.9 Å². The number of hydrogen-bond acceptors (Lipinski definition) is 6. The molecule has 150 valence electrons. The van der Waals surface area contributed by atoms with E-state index in [2.05, 4.69) is 5.32 Å². The standard InChI is InChI=1S/C16H21N3O3.H2O4S/c1-11(15(21)17-10-12-7-5-4-6-8-12)19-14(20)9-13(16(19)22)18(2)3;1-5(2,3)4/h4-8,11,13H,9-10H2,1-3H3,(H,17,21);(H2,1,2,3,4)/t11-,13+;/m1./s1. The molecule has 0 radical (unpaired) electrons. The van der Waals surface area contributed by atoms with Gasteiger partial charge in [0.25, 0.3) is 0 Å². The maximum absolute atomic E-state index is 12.3. The Balaban J connectivity index is 0.000000646. The van der Waals surface area contributed by atoms with E-state index in [1.54, 1.807) is 25.9 Å². The second-order valence-corrected chi connectivity index (χ2v) is 7.01. The lowest BCUT2D eigenvalue weighted by atomic mass is 10.2. The summed E-state index contributed by atoms with van der Waals surface area (Å²) in [7, 11) is -1.17. The van der Waals surface area contributed by atoms with Crippen LogP contribution in [-0.4, -0.2) is 71.2 Å². The van der Waals surface area contributed by atoms with Crippen LogP contribution in [0.2, 0.25) is 0 Å². The average molecular weight is 401 g/mol. The fourth-order valence-corrected chi connectivity index (χ4v) is 2.49. The minimum absolute atomic E-state index is 0.127. The zero-order valence-electron chi connectivity index (χ0n) is 15.2. The average Bonchev–Trinajstić information content (AvgIpc) is 2.86. The highest BCUT2D eigenvalue weighted by molar-refractivity contribution is 7.79. The van der Waals surface area contributed by atoms with Gasteiger partial charge in [0, 0.05) is 6.54 Å². The van der Waals surface area contributed by atoms with Gasteiger partial charge in [-0.1, -0.05) is 30.3 Å². The fraction of sp³-hybridized carbons (Fsp3) is 0.438. The van der Waals surface area contributed by atoms with Gasteiger partial charge in [-0.25, -0.2) is 0 Å². The molecule has 1 aliphatic rings. The Morgan fingerprint density at radius 1 is 1.26 bits per heavy atom. The van der Waals surface area contributed by atoms with Gasteiger partial charge < -0.3 is 5.32 Å². The number of rotatable bonds is 5. The van der Waals surface area contributed by atoms with E-state index in [0.29, 0.717) is 6.54 Å². The molecule has 1 aliphatic heterocycles. The molecule has 3 N–H and O–H groups in total. The summed E-state index contributed by atoms with van der Waals surface area (Å²) in [6.45, 7) is 1.95. The maximum atomic E-state index is 12.3. The highest BCUT2D eigenvalue weighted by atomic mass is 32.3. The summed E-state index contributed by atoms with van der Waals surface area (Å²) in [6.07, 6.45) is 0.127. The van der Waals surface area contributed by atoms with Crippen molar-refractivity contribution in [1.82, 2.24) is 15.1 Å². The monoisotopic (exact) mass is 401 g/mol. The first-order valence-electron chi connectivity index (χ1n) is 7.95. The summed E-state index contributed by atoms with van der Waals surface area (Å²) in [5.74, 6) is -0.937. The summed E-state index contributed by atoms with van der Waals surface area (Å²) in [5, 5.41) is 2.76. The van der Waals surface area contributed by atoms with Crippen LogP contribution in [0, 0.1) is 0 Å². The quantitative estimate of drug-likeness (QED) is 0.452. The van der Waals surface area contributed by atoms with Crippen LogP contribution in [0.25, 0.3) is 0 Å². The van der Waals surface area contributed by atoms with Crippen molar-refractivity contribution in [3.05, 3.63) is 35.9 Å². The Morgan fingerprint density at radius 2 is 1.78 bits per heavy atom. The van der Waals surface area contributed by atoms with Crippen LogP contribution in [0.15, 0.2) is 30.3 Å². The predicted molar refractivity (Wildman–Crippen MR) is 95.9 cm³/mol. The molecule has 0 unspecified atom stereocenters. The smallest absolute Gasteiger partial charge is 0.350 e. The zero-order chi connectivity index (χ0) is 20.8. The SMILES string of the molecule is C[C@H](C(=O)NCc1ccccc1)N1C(=O)C[C@H](N(C)C)C1=O.O=S(=O)(O)O. The van der Waals surface area contributed by atoms with Crippen LogP contribution >= 0.6 is 0 Å². The first-order chi connectivity index (χ1) is 12.4. The second-order valence-electron chi connectivity index (χ2n) is 6.11. The number of carbonyl (C=O) groups excluding carboxylic acids is 3. The normalized spacial score (nSPS) is 18.1. The van der Waals surface area contributed by atoms with E-state index in [-0.39, 0.29) is 24.1 Å². The lowest BCUT2D eigenvalue weighted by molar-refractivity contribution is -0.147. The molecule has 0 spiro atoms. The van der Waals surface area contributed by atoms with Crippen LogP contribution in [0.5, 0.6) is 0 Å². The number of amides is 3. The van der Waals surface area contributed by atoms with Gasteiger partial charge in [-0.2, -0.15) is 8.42 Å². The van der Waals surface area contributed by atoms with Crippen molar-refractivity contribution in [2.75, 3.05) is 14.1 Å². The van der Waals surface area contributed by atoms with E-state index >= 15 is 0 Å². The number of nitrogens with zero attached hydrogens (tertiary/aromatic N) is 2. The van der Waals surface area contributed by atoms with Crippen molar-refractivity contribution in [3.8, 4) is 0 Å². The largest absolute Gasteiger partial charge is 0.394 e. The van der Waals surface area contributed by atoms with Gasteiger partial charge in [-0.15, -0.1) is 0 Å². The topological polar surface area (TPSA) is 144 Å². The maximum Gasteiger partial charge on any atom is 0.394 e. The molecule has 10 nitrogen and oxygen atoms in total. The Bertz CT molecular complexity index is 772. The highest BCUT2D eigenvalue weighted by Gasteiger charge is 2.43. The molecule has 0 aliphatic carbocycles. The Hall–Kier alpha value is -2.34. The number of likely N-dealkylation sites (tertiary alicyclic amines) is 1. The molecule has 0 bridgehead atoms. The van der Waals surface area contributed by atoms with E-state index in [4.69, 9.17) is 17.5 Å². The third-order valence-corrected chi connectivity index (χ3v) is 3.86. The van der Waals surface area contributed by atoms with Crippen molar-refractivity contribution in [3.63, 3.8) is 0 Å². The minimum Gasteiger partial charge on any atom is -0.350 e. The Kier molecular flexibility index (Phi) is 8.03. The number of imide groups is 1. The molecule has 1 heterocycles. The molecule has 27 heavy (non-hydrogen) atoms. The molecule has 1 fully saturated rings. The van der Waals surface area contributed by atoms with Gasteiger partial charge in [0.2, 0.25) is 17.7 Å². The first-order valence-corrected chi connectivity index (χ1v) is 9.35. The highest BCUT2D eigenvalue weighted by Crippen LogP contribution is 2.19. The van der Waals surface area contributed by atoms with E-state index < -0.39 is 22.5 Å². The summed E-state index contributed by atoms with van der Waals surface area (Å²) in [4.78, 5) is 39.3. The number of nitrogens with one attached hydrogen (secondary N) is 1. The first kappa shape index (κ1) is 22.7. The van der Waals surface area contributed by atoms with Crippen molar-refractivity contribution in [2.45, 2.75) is 32.0 Å². The van der Waals surface area contributed by atoms with Gasteiger partial charge in [-0.3, -0.25) is 33.3 Å². The molecule has 2 atom stereocenters. The van der Waals surface area contributed by atoms with Gasteiger partial charge >= 0.3 is 10.4 Å². The number of benzene rings is 1. The fourth-order valence-electron chi connectivity index (χ4n) is 2.49. The van der Waals surface area contributed by atoms with Crippen LogP contribution < -0.4 is 5.32 Å². The van der Waals surface area contributed by atoms with E-state index in [0.717, 1.165) is 10.5 Å². The molecular formula is C16H23N3O7S. The van der Waals surface area contributed by atoms with E-state index in [9.17, 15) is 14.4 Å². The molecule has 3 amide bonds. The number of likely N-dealkylation sites (N-methyl/N-ethyl adjacent to an activating group) is 1. The number of carbonyl (C=O) groups is 3. The van der Waals surface area contributed by atoms with E-state index in [1.165, 1.54) is 0 Å². The van der Waals surface area contributed by atoms with Gasteiger partial charge in [0.15, 0.2) is 0 Å². The van der Waals surface area contributed by atoms with E-state index in [1.807, 2.05) is 30.3 Å². The Morgan fingerprint density at radius 3 is 2.22 bits per heavy atom. The molecule has 11 heteroatoms. The third kappa shape index (κ3) is 7.43. The lowest BCUT2D eigenvalue weighted by Crippen LogP contribution is -2.49. The van der Waals surface area contributed by atoms with Gasteiger partial charge in [-0.05, 0) is 26.6 Å². The molecule has 0 saturated carbocycles. The van der Waals surface area contributed by atoms with Crippen molar-refractivity contribution >= 4 is 28.1 Å². The predicted octanol–water partition coefficient (Wildman–Crippen LogP) is -0.272. The van der Waals surface area contributed by atoms with Crippen LogP contribution in [0.3, 0.4) is 0 Å². The zero-order valence-corrected chi connectivity index (χ0v) is 16.0. The summed E-state index contributed by atoms with van der Waals surface area (Å²) >= 11 is 0. The van der Waals surface area contributed by atoms with Crippen LogP contribution in [0.4, 0.5) is 0 Å². The minimum atomic E-state index is -4.67. The second kappa shape index (κ2) is 9.55. The summed E-state index contributed by atoms with van der Waals surface area (Å²) in [5.41, 5.74) is 0.966. The summed E-state index contributed by atoms with van der Waals surface area (Å²) in [6, 6.07) is 8.21.